The maximum absolute atomic E-state index is 12.6. The van der Waals surface area contributed by atoms with E-state index in [1.807, 2.05) is 25.1 Å². The van der Waals surface area contributed by atoms with Gasteiger partial charge in [0.2, 0.25) is 0 Å². The van der Waals surface area contributed by atoms with Gasteiger partial charge in [-0.15, -0.1) is 0 Å². The monoisotopic (exact) mass is 379 g/mol. The molecule has 5 nitrogen and oxygen atoms in total. The summed E-state index contributed by atoms with van der Waals surface area (Å²) >= 11 is 3.44. The van der Waals surface area contributed by atoms with Crippen LogP contribution in [0.2, 0.25) is 0 Å². The summed E-state index contributed by atoms with van der Waals surface area (Å²) in [5, 5.41) is 2.86. The molecule has 0 heterocycles. The lowest BCUT2D eigenvalue weighted by molar-refractivity contribution is 0.102. The highest BCUT2D eigenvalue weighted by Gasteiger charge is 2.18. The predicted octanol–water partition coefficient (Wildman–Crippen LogP) is 4.04. The molecule has 0 bridgehead atoms. The van der Waals surface area contributed by atoms with E-state index >= 15 is 0 Å². The minimum atomic E-state index is -0.299. The molecule has 0 saturated carbocycles. The van der Waals surface area contributed by atoms with E-state index in [0.717, 1.165) is 10.0 Å². The van der Waals surface area contributed by atoms with E-state index in [2.05, 4.69) is 21.2 Å². The van der Waals surface area contributed by atoms with Crippen molar-refractivity contribution in [1.29, 1.82) is 0 Å². The Kier molecular flexibility index (Phi) is 5.50. The zero-order chi connectivity index (χ0) is 17.0. The van der Waals surface area contributed by atoms with Gasteiger partial charge in [0.15, 0.2) is 11.5 Å². The van der Waals surface area contributed by atoms with Gasteiger partial charge < -0.3 is 19.5 Å². The highest BCUT2D eigenvalue weighted by Crippen LogP contribution is 2.35. The molecule has 0 unspecified atom stereocenters. The van der Waals surface area contributed by atoms with Crippen molar-refractivity contribution < 1.29 is 19.0 Å². The van der Waals surface area contributed by atoms with Gasteiger partial charge in [-0.05, 0) is 40.5 Å². The van der Waals surface area contributed by atoms with Crippen LogP contribution in [-0.2, 0) is 0 Å². The number of amides is 1. The number of hydrogen-bond acceptors (Lipinski definition) is 4. The number of carbonyl (C=O) groups is 1. The maximum Gasteiger partial charge on any atom is 0.259 e. The third-order valence-electron chi connectivity index (χ3n) is 3.32. The molecule has 0 radical (unpaired) electrons. The molecule has 2 aromatic rings. The summed E-state index contributed by atoms with van der Waals surface area (Å²) in [7, 11) is 4.54. The van der Waals surface area contributed by atoms with Crippen LogP contribution >= 0.6 is 15.9 Å². The number of ether oxygens (including phenoxy) is 3. The van der Waals surface area contributed by atoms with Gasteiger partial charge in [-0.3, -0.25) is 4.79 Å². The first kappa shape index (κ1) is 17.1. The zero-order valence-electron chi connectivity index (χ0n) is 13.4. The fourth-order valence-electron chi connectivity index (χ4n) is 2.12. The highest BCUT2D eigenvalue weighted by molar-refractivity contribution is 9.10. The molecular weight excluding hydrogens is 362 g/mol. The van der Waals surface area contributed by atoms with E-state index < -0.39 is 0 Å². The summed E-state index contributed by atoms with van der Waals surface area (Å²) in [6, 6.07) is 8.91. The van der Waals surface area contributed by atoms with Crippen LogP contribution in [0.25, 0.3) is 0 Å². The van der Waals surface area contributed by atoms with Crippen LogP contribution in [-0.4, -0.2) is 27.2 Å². The smallest absolute Gasteiger partial charge is 0.259 e. The Hall–Kier alpha value is -2.21. The van der Waals surface area contributed by atoms with Gasteiger partial charge in [0, 0.05) is 16.6 Å². The number of anilines is 1. The van der Waals surface area contributed by atoms with Crippen molar-refractivity contribution in [2.45, 2.75) is 6.92 Å². The Morgan fingerprint density at radius 2 is 1.57 bits per heavy atom. The number of benzene rings is 2. The van der Waals surface area contributed by atoms with Gasteiger partial charge in [-0.1, -0.05) is 6.07 Å². The van der Waals surface area contributed by atoms with E-state index in [9.17, 15) is 4.79 Å². The molecule has 0 aliphatic rings. The molecule has 0 aliphatic carbocycles. The Morgan fingerprint density at radius 1 is 0.957 bits per heavy atom. The minimum absolute atomic E-state index is 0.299. The summed E-state index contributed by atoms with van der Waals surface area (Å²) < 4.78 is 16.6. The van der Waals surface area contributed by atoms with E-state index in [4.69, 9.17) is 14.2 Å². The zero-order valence-corrected chi connectivity index (χ0v) is 15.0. The molecule has 1 N–H and O–H groups in total. The van der Waals surface area contributed by atoms with Crippen LogP contribution in [0, 0.1) is 6.92 Å². The molecule has 6 heteroatoms. The molecule has 1 amide bonds. The number of nitrogens with one attached hydrogen (secondary N) is 1. The van der Waals surface area contributed by atoms with Crippen molar-refractivity contribution in [3.8, 4) is 17.2 Å². The van der Waals surface area contributed by atoms with Crippen LogP contribution in [0.15, 0.2) is 34.8 Å². The normalized spacial score (nSPS) is 10.1. The molecule has 122 valence electrons. The number of hydrogen-bond donors (Lipinski definition) is 1. The quantitative estimate of drug-likeness (QED) is 0.851. The van der Waals surface area contributed by atoms with Gasteiger partial charge in [-0.25, -0.2) is 0 Å². The molecule has 2 aromatic carbocycles. The van der Waals surface area contributed by atoms with E-state index in [-0.39, 0.29) is 5.91 Å². The van der Waals surface area contributed by atoms with Crippen molar-refractivity contribution in [1.82, 2.24) is 0 Å². The van der Waals surface area contributed by atoms with Crippen molar-refractivity contribution in [3.63, 3.8) is 0 Å². The Morgan fingerprint density at radius 3 is 2.13 bits per heavy atom. The van der Waals surface area contributed by atoms with Crippen LogP contribution in [0.5, 0.6) is 17.2 Å². The number of carbonyl (C=O) groups excluding carboxylic acids is 1. The second kappa shape index (κ2) is 7.37. The number of methoxy groups -OCH3 is 3. The van der Waals surface area contributed by atoms with Crippen LogP contribution < -0.4 is 19.5 Å². The number of aryl methyl sites for hydroxylation is 1. The fourth-order valence-corrected chi connectivity index (χ4v) is 2.71. The van der Waals surface area contributed by atoms with Crippen LogP contribution in [0.1, 0.15) is 15.9 Å². The number of rotatable bonds is 5. The first-order chi connectivity index (χ1) is 11.0. The van der Waals surface area contributed by atoms with E-state index in [1.165, 1.54) is 21.3 Å². The largest absolute Gasteiger partial charge is 0.496 e. The maximum atomic E-state index is 12.6. The third kappa shape index (κ3) is 3.76. The van der Waals surface area contributed by atoms with Crippen LogP contribution in [0.3, 0.4) is 0 Å². The Bertz CT molecular complexity index is 731. The second-order valence-electron chi connectivity index (χ2n) is 4.84. The lowest BCUT2D eigenvalue weighted by atomic mass is 10.1. The first-order valence-electron chi connectivity index (χ1n) is 6.87. The lowest BCUT2D eigenvalue weighted by Gasteiger charge is -2.14. The van der Waals surface area contributed by atoms with Crippen molar-refractivity contribution in [2.75, 3.05) is 26.6 Å². The Balaban J connectivity index is 2.38. The molecule has 0 fully saturated rings. The standard InChI is InChI=1S/C17H18BrNO4/c1-10-5-6-13(12(18)7-10)19-17(20)11-8-15(22-3)16(23-4)9-14(11)21-2/h5-9H,1-4H3,(H,19,20). The fraction of sp³-hybridized carbons (Fsp3) is 0.235. The molecule has 23 heavy (non-hydrogen) atoms. The number of halogens is 1. The minimum Gasteiger partial charge on any atom is -0.496 e. The molecule has 0 saturated heterocycles. The van der Waals surface area contributed by atoms with E-state index in [1.54, 1.807) is 12.1 Å². The average molecular weight is 380 g/mol. The Labute approximate surface area is 143 Å². The molecule has 0 atom stereocenters. The molecule has 0 aromatic heterocycles. The van der Waals surface area contributed by atoms with Gasteiger partial charge in [0.1, 0.15) is 5.75 Å². The molecule has 0 aliphatic heterocycles. The molecule has 0 spiro atoms. The summed E-state index contributed by atoms with van der Waals surface area (Å²) in [4.78, 5) is 12.6. The summed E-state index contributed by atoms with van der Waals surface area (Å²) in [6.07, 6.45) is 0. The first-order valence-corrected chi connectivity index (χ1v) is 7.67. The SMILES string of the molecule is COc1cc(OC)c(C(=O)Nc2ccc(C)cc2Br)cc1OC. The van der Waals surface area contributed by atoms with Gasteiger partial charge >= 0.3 is 0 Å². The topological polar surface area (TPSA) is 56.8 Å². The average Bonchev–Trinajstić information content (AvgIpc) is 2.55. The van der Waals surface area contributed by atoms with Gasteiger partial charge in [-0.2, -0.15) is 0 Å². The van der Waals surface area contributed by atoms with Crippen LogP contribution in [0.4, 0.5) is 5.69 Å². The third-order valence-corrected chi connectivity index (χ3v) is 3.98. The van der Waals surface area contributed by atoms with Crippen molar-refractivity contribution in [3.05, 3.63) is 45.9 Å². The van der Waals surface area contributed by atoms with Gasteiger partial charge in [0.05, 0.1) is 32.6 Å². The molecular formula is C17H18BrNO4. The highest BCUT2D eigenvalue weighted by atomic mass is 79.9. The summed E-state index contributed by atoms with van der Waals surface area (Å²) in [6.45, 7) is 1.98. The lowest BCUT2D eigenvalue weighted by Crippen LogP contribution is -2.14. The summed E-state index contributed by atoms with van der Waals surface area (Å²) in [5.74, 6) is 1.06. The molecule has 2 rings (SSSR count). The summed E-state index contributed by atoms with van der Waals surface area (Å²) in [5.41, 5.74) is 2.13. The van der Waals surface area contributed by atoms with Gasteiger partial charge in [0.25, 0.3) is 5.91 Å². The van der Waals surface area contributed by atoms with Crippen molar-refractivity contribution in [2.24, 2.45) is 0 Å². The predicted molar refractivity (Wildman–Crippen MR) is 92.9 cm³/mol. The second-order valence-corrected chi connectivity index (χ2v) is 5.70. The van der Waals surface area contributed by atoms with E-state index in [0.29, 0.717) is 28.5 Å². The van der Waals surface area contributed by atoms with Crippen molar-refractivity contribution >= 4 is 27.5 Å².